The van der Waals surface area contributed by atoms with Gasteiger partial charge >= 0.3 is 0 Å². The number of nitrogens with zero attached hydrogens (tertiary/aromatic N) is 1. The fourth-order valence-electron chi connectivity index (χ4n) is 2.41. The lowest BCUT2D eigenvalue weighted by Crippen LogP contribution is -2.20. The Balaban J connectivity index is 1.52. The lowest BCUT2D eigenvalue weighted by atomic mass is 10.2. The second-order valence-electron chi connectivity index (χ2n) is 6.10. The number of hydrogen-bond donors (Lipinski definition) is 2. The maximum Gasteiger partial charge on any atom is 0.271 e. The van der Waals surface area contributed by atoms with Gasteiger partial charge in [-0.1, -0.05) is 35.9 Å². The first kappa shape index (κ1) is 21.0. The normalized spacial score (nSPS) is 10.6. The largest absolute Gasteiger partial charge is 0.484 e. The zero-order valence-electron chi connectivity index (χ0n) is 15.6. The van der Waals surface area contributed by atoms with Crippen molar-refractivity contribution in [2.24, 2.45) is 5.10 Å². The Morgan fingerprint density at radius 3 is 2.57 bits per heavy atom. The number of amides is 2. The topological polar surface area (TPSA) is 79.8 Å². The van der Waals surface area contributed by atoms with E-state index >= 15 is 0 Å². The second-order valence-corrected chi connectivity index (χ2v) is 6.53. The Kier molecular flexibility index (Phi) is 7.13. The van der Waals surface area contributed by atoms with Gasteiger partial charge in [-0.25, -0.2) is 9.82 Å². The van der Waals surface area contributed by atoms with Gasteiger partial charge in [-0.15, -0.1) is 0 Å². The number of nitrogens with one attached hydrogen (secondary N) is 2. The number of halogens is 2. The van der Waals surface area contributed by atoms with E-state index in [1.54, 1.807) is 54.6 Å². The minimum atomic E-state index is -0.523. The molecule has 0 aliphatic rings. The maximum absolute atomic E-state index is 13.6. The standard InChI is InChI=1S/C22H17ClFN3O3/c23-17-10-8-16(9-11-17)22(29)27-25-13-15-4-3-5-18(12-15)30-14-21(28)26-20-7-2-1-6-19(20)24/h1-13H,14H2,(H,26,28)(H,27,29)/b25-13+. The molecule has 3 aromatic rings. The Bertz CT molecular complexity index is 1070. The van der Waals surface area contributed by atoms with Gasteiger partial charge in [0, 0.05) is 10.6 Å². The van der Waals surface area contributed by atoms with Gasteiger partial charge in [0.1, 0.15) is 11.6 Å². The molecule has 0 spiro atoms. The Morgan fingerprint density at radius 2 is 1.80 bits per heavy atom. The van der Waals surface area contributed by atoms with Crippen LogP contribution in [0.3, 0.4) is 0 Å². The Hall–Kier alpha value is -3.71. The minimum Gasteiger partial charge on any atom is -0.484 e. The molecule has 152 valence electrons. The van der Waals surface area contributed by atoms with Crippen LogP contribution >= 0.6 is 11.6 Å². The molecule has 0 aliphatic heterocycles. The van der Waals surface area contributed by atoms with Gasteiger partial charge in [0.15, 0.2) is 6.61 Å². The highest BCUT2D eigenvalue weighted by Gasteiger charge is 2.07. The average Bonchev–Trinajstić information content (AvgIpc) is 2.75. The molecule has 2 N–H and O–H groups in total. The van der Waals surface area contributed by atoms with Gasteiger partial charge in [0.25, 0.3) is 11.8 Å². The van der Waals surface area contributed by atoms with Crippen molar-refractivity contribution in [2.45, 2.75) is 0 Å². The van der Waals surface area contributed by atoms with Crippen molar-refractivity contribution >= 4 is 35.3 Å². The van der Waals surface area contributed by atoms with E-state index in [0.29, 0.717) is 21.9 Å². The van der Waals surface area contributed by atoms with Crippen LogP contribution in [0.1, 0.15) is 15.9 Å². The molecule has 8 heteroatoms. The molecule has 2 amide bonds. The molecule has 0 radical (unpaired) electrons. The molecular weight excluding hydrogens is 409 g/mol. The van der Waals surface area contributed by atoms with Crippen LogP contribution in [0.25, 0.3) is 0 Å². The molecule has 3 rings (SSSR count). The zero-order valence-corrected chi connectivity index (χ0v) is 16.4. The average molecular weight is 426 g/mol. The number of carbonyl (C=O) groups excluding carboxylic acids is 2. The monoisotopic (exact) mass is 425 g/mol. The van der Waals surface area contributed by atoms with E-state index in [2.05, 4.69) is 15.8 Å². The van der Waals surface area contributed by atoms with Crippen molar-refractivity contribution in [2.75, 3.05) is 11.9 Å². The molecule has 0 saturated heterocycles. The van der Waals surface area contributed by atoms with Crippen molar-refractivity contribution in [1.29, 1.82) is 0 Å². The molecule has 0 fully saturated rings. The van der Waals surface area contributed by atoms with Crippen molar-refractivity contribution < 1.29 is 18.7 Å². The molecule has 0 saturated carbocycles. The van der Waals surface area contributed by atoms with Crippen molar-refractivity contribution in [3.63, 3.8) is 0 Å². The summed E-state index contributed by atoms with van der Waals surface area (Å²) in [5.74, 6) is -0.967. The van der Waals surface area contributed by atoms with Crippen LogP contribution < -0.4 is 15.5 Å². The lowest BCUT2D eigenvalue weighted by Gasteiger charge is -2.08. The summed E-state index contributed by atoms with van der Waals surface area (Å²) in [6.07, 6.45) is 1.44. The van der Waals surface area contributed by atoms with Crippen LogP contribution in [0.4, 0.5) is 10.1 Å². The number of para-hydroxylation sites is 1. The van der Waals surface area contributed by atoms with Gasteiger partial charge in [-0.3, -0.25) is 9.59 Å². The highest BCUT2D eigenvalue weighted by Crippen LogP contribution is 2.14. The predicted octanol–water partition coefficient (Wildman–Crippen LogP) is 4.26. The first-order chi connectivity index (χ1) is 14.5. The predicted molar refractivity (Wildman–Crippen MR) is 113 cm³/mol. The van der Waals surface area contributed by atoms with Crippen molar-refractivity contribution in [3.05, 3.63) is 94.8 Å². The zero-order chi connectivity index (χ0) is 21.3. The third kappa shape index (κ3) is 6.15. The summed E-state index contributed by atoms with van der Waals surface area (Å²) in [5, 5.41) is 6.88. The van der Waals surface area contributed by atoms with E-state index in [4.69, 9.17) is 16.3 Å². The van der Waals surface area contributed by atoms with E-state index in [1.807, 2.05) is 0 Å². The lowest BCUT2D eigenvalue weighted by molar-refractivity contribution is -0.118. The van der Waals surface area contributed by atoms with Crippen LogP contribution in [0.15, 0.2) is 77.9 Å². The third-order valence-electron chi connectivity index (χ3n) is 3.86. The van der Waals surface area contributed by atoms with Crippen LogP contribution in [0, 0.1) is 5.82 Å². The fraction of sp³-hybridized carbons (Fsp3) is 0.0455. The molecule has 0 aliphatic carbocycles. The first-order valence-electron chi connectivity index (χ1n) is 8.87. The fourth-order valence-corrected chi connectivity index (χ4v) is 2.54. The van der Waals surface area contributed by atoms with Crippen LogP contribution in [0.5, 0.6) is 5.75 Å². The third-order valence-corrected chi connectivity index (χ3v) is 4.11. The smallest absolute Gasteiger partial charge is 0.271 e. The number of rotatable bonds is 7. The maximum atomic E-state index is 13.6. The number of hydrazone groups is 1. The molecule has 0 bridgehead atoms. The molecule has 0 heterocycles. The summed E-state index contributed by atoms with van der Waals surface area (Å²) in [6.45, 7) is -0.289. The molecular formula is C22H17ClFN3O3. The van der Waals surface area contributed by atoms with Gasteiger partial charge in [-0.2, -0.15) is 5.10 Å². The molecule has 0 aromatic heterocycles. The van der Waals surface area contributed by atoms with Crippen LogP contribution in [0.2, 0.25) is 5.02 Å². The highest BCUT2D eigenvalue weighted by molar-refractivity contribution is 6.30. The van der Waals surface area contributed by atoms with Crippen LogP contribution in [-0.2, 0) is 4.79 Å². The summed E-state index contributed by atoms with van der Waals surface area (Å²) < 4.78 is 19.0. The SMILES string of the molecule is O=C(COc1cccc(/C=N/NC(=O)c2ccc(Cl)cc2)c1)Nc1ccccc1F. The Labute approximate surface area is 177 Å². The van der Waals surface area contributed by atoms with E-state index in [-0.39, 0.29) is 18.2 Å². The summed E-state index contributed by atoms with van der Waals surface area (Å²) in [4.78, 5) is 23.9. The van der Waals surface area contributed by atoms with Gasteiger partial charge < -0.3 is 10.1 Å². The number of benzene rings is 3. The molecule has 3 aromatic carbocycles. The summed E-state index contributed by atoms with van der Waals surface area (Å²) in [7, 11) is 0. The van der Waals surface area contributed by atoms with Gasteiger partial charge in [0.05, 0.1) is 11.9 Å². The molecule has 0 atom stereocenters. The number of hydrogen-bond acceptors (Lipinski definition) is 4. The summed E-state index contributed by atoms with van der Waals surface area (Å²) >= 11 is 5.79. The Morgan fingerprint density at radius 1 is 1.03 bits per heavy atom. The molecule has 6 nitrogen and oxygen atoms in total. The first-order valence-corrected chi connectivity index (χ1v) is 9.25. The van der Waals surface area contributed by atoms with Gasteiger partial charge in [0.2, 0.25) is 0 Å². The van der Waals surface area contributed by atoms with Crippen molar-refractivity contribution in [3.8, 4) is 5.75 Å². The number of ether oxygens (including phenoxy) is 1. The molecule has 30 heavy (non-hydrogen) atoms. The van der Waals surface area contributed by atoms with Crippen molar-refractivity contribution in [1.82, 2.24) is 5.43 Å². The van der Waals surface area contributed by atoms with E-state index < -0.39 is 11.7 Å². The number of anilines is 1. The minimum absolute atomic E-state index is 0.0865. The quantitative estimate of drug-likeness (QED) is 0.438. The summed E-state index contributed by atoms with van der Waals surface area (Å²) in [6, 6.07) is 19.1. The summed E-state index contributed by atoms with van der Waals surface area (Å²) in [5.41, 5.74) is 3.58. The van der Waals surface area contributed by atoms with E-state index in [1.165, 1.54) is 24.4 Å². The van der Waals surface area contributed by atoms with Crippen LogP contribution in [-0.4, -0.2) is 24.6 Å². The van der Waals surface area contributed by atoms with E-state index in [9.17, 15) is 14.0 Å². The van der Waals surface area contributed by atoms with E-state index in [0.717, 1.165) is 0 Å². The second kappa shape index (κ2) is 10.2. The highest BCUT2D eigenvalue weighted by atomic mass is 35.5. The van der Waals surface area contributed by atoms with Gasteiger partial charge in [-0.05, 0) is 54.1 Å². The number of carbonyl (C=O) groups is 2. The molecule has 0 unspecified atom stereocenters.